The van der Waals surface area contributed by atoms with Crippen molar-refractivity contribution in [3.05, 3.63) is 82.7 Å². The summed E-state index contributed by atoms with van der Waals surface area (Å²) in [5.74, 6) is 1.37. The smallest absolute Gasteiger partial charge is 0.260 e. The van der Waals surface area contributed by atoms with E-state index in [1.807, 2.05) is 56.3 Å². The number of para-hydroxylation sites is 1. The molecule has 1 saturated heterocycles. The fourth-order valence-corrected chi connectivity index (χ4v) is 4.06. The summed E-state index contributed by atoms with van der Waals surface area (Å²) in [4.78, 5) is 29.0. The van der Waals surface area contributed by atoms with Gasteiger partial charge in [-0.2, -0.15) is 0 Å². The summed E-state index contributed by atoms with van der Waals surface area (Å²) in [7, 11) is 0. The normalized spacial score (nSPS) is 13.8. The minimum absolute atomic E-state index is 0.0151. The molecule has 2 aromatic carbocycles. The summed E-state index contributed by atoms with van der Waals surface area (Å²) in [6, 6.07) is 18.0. The summed E-state index contributed by atoms with van der Waals surface area (Å²) in [6.45, 7) is 5.67. The molecule has 4 rings (SSSR count). The van der Waals surface area contributed by atoms with E-state index in [9.17, 15) is 9.59 Å². The molecule has 0 unspecified atom stereocenters. The van der Waals surface area contributed by atoms with E-state index in [-0.39, 0.29) is 24.8 Å². The van der Waals surface area contributed by atoms with Crippen LogP contribution in [0.4, 0.5) is 0 Å². The fraction of sp³-hybridized carbons (Fsp3) is 0.346. The molecule has 7 nitrogen and oxygen atoms in total. The van der Waals surface area contributed by atoms with Crippen molar-refractivity contribution in [3.63, 3.8) is 0 Å². The molecular formula is C26H29N3O4. The Morgan fingerprint density at radius 2 is 1.55 bits per heavy atom. The number of rotatable bonds is 7. The van der Waals surface area contributed by atoms with Crippen LogP contribution in [0.5, 0.6) is 5.75 Å². The van der Waals surface area contributed by atoms with Crippen molar-refractivity contribution < 1.29 is 18.8 Å². The highest BCUT2D eigenvalue weighted by Crippen LogP contribution is 2.22. The molecule has 7 heteroatoms. The van der Waals surface area contributed by atoms with Crippen LogP contribution >= 0.6 is 0 Å². The van der Waals surface area contributed by atoms with Gasteiger partial charge in [0, 0.05) is 38.2 Å². The average molecular weight is 448 g/mol. The van der Waals surface area contributed by atoms with Gasteiger partial charge in [-0.1, -0.05) is 53.7 Å². The van der Waals surface area contributed by atoms with E-state index >= 15 is 0 Å². The van der Waals surface area contributed by atoms with E-state index in [0.717, 1.165) is 29.0 Å². The molecule has 3 aromatic rings. The molecule has 0 N–H and O–H groups in total. The Kier molecular flexibility index (Phi) is 7.07. The van der Waals surface area contributed by atoms with Crippen molar-refractivity contribution in [2.75, 3.05) is 32.8 Å². The van der Waals surface area contributed by atoms with Crippen molar-refractivity contribution >= 4 is 11.8 Å². The van der Waals surface area contributed by atoms with E-state index in [1.165, 1.54) is 5.56 Å². The highest BCUT2D eigenvalue weighted by molar-refractivity contribution is 5.81. The van der Waals surface area contributed by atoms with Gasteiger partial charge in [-0.3, -0.25) is 9.59 Å². The largest absolute Gasteiger partial charge is 0.483 e. The van der Waals surface area contributed by atoms with Crippen LogP contribution in [0.1, 0.15) is 28.1 Å². The van der Waals surface area contributed by atoms with Gasteiger partial charge in [-0.25, -0.2) is 0 Å². The number of carbonyl (C=O) groups is 2. The maximum absolute atomic E-state index is 12.7. The fourth-order valence-electron chi connectivity index (χ4n) is 4.06. The van der Waals surface area contributed by atoms with Crippen molar-refractivity contribution in [1.82, 2.24) is 15.0 Å². The Bertz CT molecular complexity index is 1080. The van der Waals surface area contributed by atoms with Gasteiger partial charge in [0.1, 0.15) is 11.5 Å². The Labute approximate surface area is 193 Å². The first kappa shape index (κ1) is 22.6. The highest BCUT2D eigenvalue weighted by Gasteiger charge is 2.26. The molecule has 172 valence electrons. The molecule has 0 bridgehead atoms. The first-order chi connectivity index (χ1) is 16.0. The Balaban J connectivity index is 1.27. The third kappa shape index (κ3) is 5.61. The molecule has 0 spiro atoms. The van der Waals surface area contributed by atoms with Gasteiger partial charge in [0.15, 0.2) is 6.61 Å². The van der Waals surface area contributed by atoms with Gasteiger partial charge in [-0.15, -0.1) is 0 Å². The molecular weight excluding hydrogens is 418 g/mol. The van der Waals surface area contributed by atoms with Crippen molar-refractivity contribution in [3.8, 4) is 5.75 Å². The summed E-state index contributed by atoms with van der Waals surface area (Å²) >= 11 is 0. The lowest BCUT2D eigenvalue weighted by molar-refractivity contribution is -0.140. The summed E-state index contributed by atoms with van der Waals surface area (Å²) < 4.78 is 11.1. The number of ether oxygens (including phenoxy) is 1. The lowest BCUT2D eigenvalue weighted by Gasteiger charge is -2.34. The molecule has 1 aromatic heterocycles. The van der Waals surface area contributed by atoms with E-state index in [2.05, 4.69) is 17.3 Å². The number of aryl methyl sites for hydroxylation is 2. The van der Waals surface area contributed by atoms with Crippen LogP contribution < -0.4 is 4.74 Å². The zero-order valence-corrected chi connectivity index (χ0v) is 19.1. The van der Waals surface area contributed by atoms with Crippen LogP contribution in [0.2, 0.25) is 0 Å². The van der Waals surface area contributed by atoms with E-state index < -0.39 is 0 Å². The van der Waals surface area contributed by atoms with Crippen LogP contribution in [0.15, 0.2) is 59.1 Å². The third-order valence-electron chi connectivity index (χ3n) is 6.06. The molecule has 33 heavy (non-hydrogen) atoms. The second kappa shape index (κ2) is 10.3. The second-order valence-electron chi connectivity index (χ2n) is 8.30. The summed E-state index contributed by atoms with van der Waals surface area (Å²) in [5.41, 5.74) is 3.84. The molecule has 0 radical (unpaired) electrons. The second-order valence-corrected chi connectivity index (χ2v) is 8.30. The van der Waals surface area contributed by atoms with Gasteiger partial charge in [-0.05, 0) is 31.0 Å². The predicted molar refractivity (Wildman–Crippen MR) is 124 cm³/mol. The van der Waals surface area contributed by atoms with Crippen LogP contribution in [-0.4, -0.2) is 59.6 Å². The van der Waals surface area contributed by atoms with Crippen LogP contribution in [0.25, 0.3) is 0 Å². The quantitative estimate of drug-likeness (QED) is 0.556. The molecule has 0 aliphatic carbocycles. The number of amides is 2. The van der Waals surface area contributed by atoms with Crippen molar-refractivity contribution in [2.45, 2.75) is 26.7 Å². The molecule has 1 fully saturated rings. The minimum atomic E-state index is -0.0673. The Hall–Kier alpha value is -3.61. The predicted octanol–water partition coefficient (Wildman–Crippen LogP) is 3.17. The number of aromatic nitrogens is 1. The van der Waals surface area contributed by atoms with Crippen LogP contribution in [-0.2, 0) is 22.4 Å². The van der Waals surface area contributed by atoms with Gasteiger partial charge in [0.25, 0.3) is 5.91 Å². The van der Waals surface area contributed by atoms with Crippen molar-refractivity contribution in [2.24, 2.45) is 0 Å². The number of hydrogen-bond donors (Lipinski definition) is 0. The molecule has 0 atom stereocenters. The topological polar surface area (TPSA) is 75.9 Å². The summed E-state index contributed by atoms with van der Waals surface area (Å²) in [6.07, 6.45) is 1.02. The maximum atomic E-state index is 12.7. The van der Waals surface area contributed by atoms with Gasteiger partial charge < -0.3 is 19.1 Å². The standard InChI is InChI=1S/C26H29N3O4/c1-19-23(20(2)33-27-19)17-25(30)28-12-14-29(15-13-28)26(31)18-32-24-11-7-6-10-22(24)16-21-8-4-3-5-9-21/h3-11H,12-18H2,1-2H3. The highest BCUT2D eigenvalue weighted by atomic mass is 16.5. The molecule has 1 aliphatic heterocycles. The van der Waals surface area contributed by atoms with Gasteiger partial charge in [0.2, 0.25) is 5.91 Å². The van der Waals surface area contributed by atoms with E-state index in [0.29, 0.717) is 31.9 Å². The van der Waals surface area contributed by atoms with Crippen LogP contribution in [0.3, 0.4) is 0 Å². The number of piperazine rings is 1. The number of nitrogens with zero attached hydrogens (tertiary/aromatic N) is 3. The van der Waals surface area contributed by atoms with Gasteiger partial charge >= 0.3 is 0 Å². The minimum Gasteiger partial charge on any atom is -0.483 e. The molecule has 0 saturated carbocycles. The SMILES string of the molecule is Cc1noc(C)c1CC(=O)N1CCN(C(=O)COc2ccccc2Cc2ccccc2)CC1. The maximum Gasteiger partial charge on any atom is 0.260 e. The van der Waals surface area contributed by atoms with Crippen molar-refractivity contribution in [1.29, 1.82) is 0 Å². The van der Waals surface area contributed by atoms with E-state index in [1.54, 1.807) is 9.80 Å². The lowest BCUT2D eigenvalue weighted by atomic mass is 10.0. The zero-order chi connectivity index (χ0) is 23.2. The summed E-state index contributed by atoms with van der Waals surface area (Å²) in [5, 5.41) is 3.91. The Morgan fingerprint density at radius 1 is 0.909 bits per heavy atom. The van der Waals surface area contributed by atoms with E-state index in [4.69, 9.17) is 9.26 Å². The van der Waals surface area contributed by atoms with Crippen LogP contribution in [0, 0.1) is 13.8 Å². The molecule has 2 amide bonds. The number of carbonyl (C=O) groups excluding carboxylic acids is 2. The number of hydrogen-bond acceptors (Lipinski definition) is 5. The first-order valence-corrected chi connectivity index (χ1v) is 11.2. The monoisotopic (exact) mass is 447 g/mol. The Morgan fingerprint density at radius 3 is 2.21 bits per heavy atom. The molecule has 1 aliphatic rings. The third-order valence-corrected chi connectivity index (χ3v) is 6.06. The average Bonchev–Trinajstić information content (AvgIpc) is 3.16. The van der Waals surface area contributed by atoms with Gasteiger partial charge in [0.05, 0.1) is 12.1 Å². The number of benzene rings is 2. The lowest BCUT2D eigenvalue weighted by Crippen LogP contribution is -2.52. The zero-order valence-electron chi connectivity index (χ0n) is 19.1. The first-order valence-electron chi connectivity index (χ1n) is 11.2. The molecule has 2 heterocycles.